The Morgan fingerprint density at radius 2 is 2.12 bits per heavy atom. The second-order valence-corrected chi connectivity index (χ2v) is 4.21. The average Bonchev–Trinajstić information content (AvgIpc) is 2.29. The molecule has 0 spiro atoms. The maximum atomic E-state index is 11.6. The lowest BCUT2D eigenvalue weighted by Crippen LogP contribution is -2.25. The van der Waals surface area contributed by atoms with E-state index >= 15 is 0 Å². The van der Waals surface area contributed by atoms with E-state index in [0.29, 0.717) is 5.56 Å². The second kappa shape index (κ2) is 4.54. The van der Waals surface area contributed by atoms with E-state index in [1.54, 1.807) is 13.1 Å². The molecule has 2 rings (SSSR count). The van der Waals surface area contributed by atoms with Crippen LogP contribution in [0.1, 0.15) is 0 Å². The molecule has 88 valence electrons. The molecule has 0 saturated carbocycles. The number of halogens is 1. The second-order valence-electron chi connectivity index (χ2n) is 3.30. The quantitative estimate of drug-likeness (QED) is 0.769. The Labute approximate surface area is 104 Å². The fourth-order valence-corrected chi connectivity index (χ4v) is 1.82. The number of rotatable bonds is 2. The van der Waals surface area contributed by atoms with Gasteiger partial charge in [0.15, 0.2) is 5.69 Å². The van der Waals surface area contributed by atoms with E-state index < -0.39 is 11.2 Å². The van der Waals surface area contributed by atoms with Gasteiger partial charge < -0.3 is 5.32 Å². The third-order valence-electron chi connectivity index (χ3n) is 2.22. The van der Waals surface area contributed by atoms with Crippen LogP contribution in [0, 0.1) is 0 Å². The molecule has 0 bridgehead atoms. The zero-order chi connectivity index (χ0) is 12.4. The van der Waals surface area contributed by atoms with Gasteiger partial charge in [-0.3, -0.25) is 9.78 Å². The van der Waals surface area contributed by atoms with Gasteiger partial charge in [-0.05, 0) is 18.2 Å². The maximum Gasteiger partial charge on any atom is 0.342 e. The molecule has 3 N–H and O–H groups in total. The molecule has 0 aliphatic carbocycles. The fraction of sp³-hybridized carbons (Fsp3) is 0.100. The minimum absolute atomic E-state index is 0.162. The van der Waals surface area contributed by atoms with E-state index in [-0.39, 0.29) is 5.69 Å². The van der Waals surface area contributed by atoms with E-state index in [1.165, 1.54) is 0 Å². The minimum Gasteiger partial charge on any atom is -0.388 e. The van der Waals surface area contributed by atoms with Crippen molar-refractivity contribution >= 4 is 21.6 Å². The summed E-state index contributed by atoms with van der Waals surface area (Å²) in [5.41, 5.74) is 0.371. The first kappa shape index (κ1) is 11.6. The number of aromatic amines is 2. The molecule has 0 unspecified atom stereocenters. The number of benzene rings is 1. The van der Waals surface area contributed by atoms with E-state index in [0.717, 1.165) is 10.2 Å². The van der Waals surface area contributed by atoms with Crippen LogP contribution in [-0.4, -0.2) is 22.2 Å². The summed E-state index contributed by atoms with van der Waals surface area (Å²) in [4.78, 5) is 24.7. The van der Waals surface area contributed by atoms with Crippen molar-refractivity contribution in [1.82, 2.24) is 15.2 Å². The number of hydrogen-bond donors (Lipinski definition) is 3. The molecule has 0 aliphatic rings. The van der Waals surface area contributed by atoms with Gasteiger partial charge in [0.05, 0.1) is 0 Å². The van der Waals surface area contributed by atoms with Crippen molar-refractivity contribution in [3.8, 4) is 11.3 Å². The van der Waals surface area contributed by atoms with Gasteiger partial charge in [0, 0.05) is 22.8 Å². The Kier molecular flexibility index (Phi) is 3.10. The number of anilines is 1. The van der Waals surface area contributed by atoms with Gasteiger partial charge in [0.25, 0.3) is 5.56 Å². The van der Waals surface area contributed by atoms with Crippen LogP contribution in [0.15, 0.2) is 32.3 Å². The first-order valence-corrected chi connectivity index (χ1v) is 5.58. The Morgan fingerprint density at radius 3 is 2.76 bits per heavy atom. The van der Waals surface area contributed by atoms with Gasteiger partial charge in [-0.1, -0.05) is 15.9 Å². The summed E-state index contributed by atoms with van der Waals surface area (Å²) in [5.74, 6) is 0. The molecule has 0 atom stereocenters. The molecule has 7 heteroatoms. The summed E-state index contributed by atoms with van der Waals surface area (Å²) in [6.07, 6.45) is 0. The molecule has 6 nitrogen and oxygen atoms in total. The van der Waals surface area contributed by atoms with E-state index in [4.69, 9.17) is 0 Å². The highest BCUT2D eigenvalue weighted by Crippen LogP contribution is 2.26. The third-order valence-corrected chi connectivity index (χ3v) is 2.71. The van der Waals surface area contributed by atoms with Crippen LogP contribution in [0.5, 0.6) is 0 Å². The Hall–Kier alpha value is -1.89. The monoisotopic (exact) mass is 296 g/mol. The number of nitrogens with zero attached hydrogens (tertiary/aromatic N) is 1. The lowest BCUT2D eigenvalue weighted by atomic mass is 10.1. The topological polar surface area (TPSA) is 90.6 Å². The van der Waals surface area contributed by atoms with E-state index in [1.807, 2.05) is 12.1 Å². The minimum atomic E-state index is -0.625. The van der Waals surface area contributed by atoms with E-state index in [9.17, 15) is 9.59 Å². The molecule has 0 saturated heterocycles. The highest BCUT2D eigenvalue weighted by Gasteiger charge is 2.10. The van der Waals surface area contributed by atoms with Crippen LogP contribution in [-0.2, 0) is 0 Å². The standard InChI is InChI=1S/C10H9BrN4O2/c1-12-7-3-2-5(11)4-6(7)8-9(16)13-10(17)15-14-8/h2-4,12H,1H3,(H2,13,15,16,17). The van der Waals surface area contributed by atoms with Crippen molar-refractivity contribution in [2.45, 2.75) is 0 Å². The van der Waals surface area contributed by atoms with Crippen LogP contribution in [0.2, 0.25) is 0 Å². The lowest BCUT2D eigenvalue weighted by molar-refractivity contribution is 0.898. The molecule has 1 heterocycles. The predicted molar refractivity (Wildman–Crippen MR) is 68.2 cm³/mol. The molecular weight excluding hydrogens is 288 g/mol. The Balaban J connectivity index is 2.71. The molecular formula is C10H9BrN4O2. The van der Waals surface area contributed by atoms with Crippen LogP contribution < -0.4 is 16.6 Å². The SMILES string of the molecule is CNc1ccc(Br)cc1-c1n[nH]c(=O)[nH]c1=O. The van der Waals surface area contributed by atoms with Crippen molar-refractivity contribution in [2.24, 2.45) is 0 Å². The fourth-order valence-electron chi connectivity index (χ4n) is 1.46. The summed E-state index contributed by atoms with van der Waals surface area (Å²) in [6, 6.07) is 5.41. The van der Waals surface area contributed by atoms with Crippen molar-refractivity contribution in [3.63, 3.8) is 0 Å². The zero-order valence-electron chi connectivity index (χ0n) is 8.87. The summed E-state index contributed by atoms with van der Waals surface area (Å²) in [5, 5.41) is 8.92. The normalized spacial score (nSPS) is 10.2. The first-order valence-electron chi connectivity index (χ1n) is 4.78. The summed E-state index contributed by atoms with van der Waals surface area (Å²) in [7, 11) is 1.74. The van der Waals surface area contributed by atoms with Gasteiger partial charge in [-0.15, -0.1) is 0 Å². The predicted octanol–water partition coefficient (Wildman–Crippen LogP) is 0.929. The highest BCUT2D eigenvalue weighted by molar-refractivity contribution is 9.10. The van der Waals surface area contributed by atoms with Crippen LogP contribution >= 0.6 is 15.9 Å². The molecule has 17 heavy (non-hydrogen) atoms. The molecule has 0 fully saturated rings. The van der Waals surface area contributed by atoms with Crippen molar-refractivity contribution < 1.29 is 0 Å². The first-order chi connectivity index (χ1) is 8.11. The summed E-state index contributed by atoms with van der Waals surface area (Å²) in [6.45, 7) is 0. The smallest absolute Gasteiger partial charge is 0.342 e. The average molecular weight is 297 g/mol. The third kappa shape index (κ3) is 2.28. The van der Waals surface area contributed by atoms with Gasteiger partial charge in [-0.25, -0.2) is 9.89 Å². The van der Waals surface area contributed by atoms with Crippen molar-refractivity contribution in [1.29, 1.82) is 0 Å². The number of aromatic nitrogens is 3. The lowest BCUT2D eigenvalue weighted by Gasteiger charge is -2.07. The molecule has 2 aromatic rings. The van der Waals surface area contributed by atoms with Gasteiger partial charge in [0.2, 0.25) is 0 Å². The highest BCUT2D eigenvalue weighted by atomic mass is 79.9. The van der Waals surface area contributed by atoms with Crippen LogP contribution in [0.25, 0.3) is 11.3 Å². The van der Waals surface area contributed by atoms with Gasteiger partial charge >= 0.3 is 5.69 Å². The largest absolute Gasteiger partial charge is 0.388 e. The van der Waals surface area contributed by atoms with Gasteiger partial charge in [-0.2, -0.15) is 5.10 Å². The summed E-state index contributed by atoms with van der Waals surface area (Å²) >= 11 is 3.32. The maximum absolute atomic E-state index is 11.6. The Morgan fingerprint density at radius 1 is 1.35 bits per heavy atom. The Bertz CT molecular complexity index is 662. The van der Waals surface area contributed by atoms with Gasteiger partial charge in [0.1, 0.15) is 0 Å². The molecule has 1 aromatic carbocycles. The number of H-pyrrole nitrogens is 2. The number of nitrogens with one attached hydrogen (secondary N) is 3. The molecule has 0 radical (unpaired) electrons. The summed E-state index contributed by atoms with van der Waals surface area (Å²) < 4.78 is 0.818. The van der Waals surface area contributed by atoms with Crippen molar-refractivity contribution in [3.05, 3.63) is 43.5 Å². The van der Waals surface area contributed by atoms with Crippen molar-refractivity contribution in [2.75, 3.05) is 12.4 Å². The molecule has 0 aliphatic heterocycles. The zero-order valence-corrected chi connectivity index (χ0v) is 10.5. The molecule has 0 amide bonds. The van der Waals surface area contributed by atoms with Crippen LogP contribution in [0.4, 0.5) is 5.69 Å². The van der Waals surface area contributed by atoms with E-state index in [2.05, 4.69) is 36.4 Å². The number of hydrogen-bond acceptors (Lipinski definition) is 4. The molecule has 1 aromatic heterocycles. The van der Waals surface area contributed by atoms with Crippen LogP contribution in [0.3, 0.4) is 0 Å².